The lowest BCUT2D eigenvalue weighted by Gasteiger charge is -2.30. The van der Waals surface area contributed by atoms with Crippen LogP contribution in [0.5, 0.6) is 0 Å². The lowest BCUT2D eigenvalue weighted by molar-refractivity contribution is -0.148. The van der Waals surface area contributed by atoms with E-state index in [1.165, 1.54) is 4.90 Å². The van der Waals surface area contributed by atoms with Crippen molar-refractivity contribution in [2.24, 2.45) is 11.7 Å². The number of carbonyl (C=O) groups excluding carboxylic acids is 3. The van der Waals surface area contributed by atoms with E-state index in [9.17, 15) is 29.1 Å². The van der Waals surface area contributed by atoms with Crippen molar-refractivity contribution in [2.45, 2.75) is 70.1 Å². The zero-order chi connectivity index (χ0) is 26.1. The molecule has 5 atom stereocenters. The number of hydrogen-bond acceptors (Lipinski definition) is 6. The Bertz CT molecular complexity index is 924. The van der Waals surface area contributed by atoms with Gasteiger partial charge in [0.1, 0.15) is 18.1 Å². The number of likely N-dealkylation sites (tertiary alicyclic amines) is 1. The van der Waals surface area contributed by atoms with Gasteiger partial charge in [0.25, 0.3) is 0 Å². The highest BCUT2D eigenvalue weighted by Crippen LogP contribution is 2.20. The standard InChI is InChI=1S/C24H34N4O7/c1-3-14(2)20(25)22(32)26-16(12-15-8-5-4-6-9-15)23(33)28-11-7-10-18(28)21(31)27-17(24(34)35)13-19(29)30/h4-6,8-9,14,16-18,20H,3,7,10-13,25H2,1-2H3,(H,26,32)(H,27,31)(H,29,30)(H,34,35). The Balaban J connectivity index is 2.22. The first-order chi connectivity index (χ1) is 16.5. The van der Waals surface area contributed by atoms with Gasteiger partial charge in [-0.1, -0.05) is 50.6 Å². The second-order valence-electron chi connectivity index (χ2n) is 8.85. The number of carboxylic acid groups (broad SMARTS) is 2. The van der Waals surface area contributed by atoms with Crippen LogP contribution in [0.4, 0.5) is 0 Å². The zero-order valence-corrected chi connectivity index (χ0v) is 20.0. The third kappa shape index (κ3) is 7.78. The summed E-state index contributed by atoms with van der Waals surface area (Å²) in [6, 6.07) is 4.70. The third-order valence-electron chi connectivity index (χ3n) is 6.29. The number of amides is 3. The number of hydrogen-bond donors (Lipinski definition) is 5. The van der Waals surface area contributed by atoms with Crippen molar-refractivity contribution in [3.05, 3.63) is 35.9 Å². The molecule has 1 aliphatic rings. The molecule has 0 saturated carbocycles. The summed E-state index contributed by atoms with van der Waals surface area (Å²) < 4.78 is 0. The number of carbonyl (C=O) groups is 5. The molecule has 6 N–H and O–H groups in total. The molecular formula is C24H34N4O7. The second kappa shape index (κ2) is 12.8. The topological polar surface area (TPSA) is 179 Å². The van der Waals surface area contributed by atoms with Crippen LogP contribution in [0.2, 0.25) is 0 Å². The maximum atomic E-state index is 13.5. The fraction of sp³-hybridized carbons (Fsp3) is 0.542. The van der Waals surface area contributed by atoms with Gasteiger partial charge >= 0.3 is 11.9 Å². The fourth-order valence-corrected chi connectivity index (χ4v) is 3.98. The van der Waals surface area contributed by atoms with Crippen LogP contribution in [0.1, 0.15) is 45.1 Å². The van der Waals surface area contributed by atoms with Gasteiger partial charge in [-0.25, -0.2) is 4.79 Å². The van der Waals surface area contributed by atoms with E-state index in [0.717, 1.165) is 5.56 Å². The molecule has 3 amide bonds. The number of benzene rings is 1. The van der Waals surface area contributed by atoms with Gasteiger partial charge in [0, 0.05) is 13.0 Å². The Labute approximate surface area is 204 Å². The average Bonchev–Trinajstić information content (AvgIpc) is 3.32. The normalized spacial score (nSPS) is 18.7. The highest BCUT2D eigenvalue weighted by atomic mass is 16.4. The molecule has 1 aromatic rings. The number of rotatable bonds is 12. The first kappa shape index (κ1) is 27.8. The molecule has 2 rings (SSSR count). The quantitative estimate of drug-likeness (QED) is 0.274. The molecule has 192 valence electrons. The summed E-state index contributed by atoms with van der Waals surface area (Å²) in [5.41, 5.74) is 6.86. The van der Waals surface area contributed by atoms with Crippen molar-refractivity contribution in [1.29, 1.82) is 0 Å². The van der Waals surface area contributed by atoms with E-state index in [1.54, 1.807) is 0 Å². The van der Waals surface area contributed by atoms with Crippen molar-refractivity contribution in [3.63, 3.8) is 0 Å². The van der Waals surface area contributed by atoms with Gasteiger partial charge in [0.2, 0.25) is 17.7 Å². The Hall–Kier alpha value is -3.47. The molecule has 1 heterocycles. The summed E-state index contributed by atoms with van der Waals surface area (Å²) in [4.78, 5) is 62.8. The SMILES string of the molecule is CCC(C)C(N)C(=O)NC(Cc1ccccc1)C(=O)N1CCCC1C(=O)NC(CC(=O)O)C(=O)O. The lowest BCUT2D eigenvalue weighted by atomic mass is 9.98. The summed E-state index contributed by atoms with van der Waals surface area (Å²) in [6.07, 6.45) is 0.859. The molecule has 0 radical (unpaired) electrons. The number of nitrogens with zero attached hydrogens (tertiary/aromatic N) is 1. The van der Waals surface area contributed by atoms with Crippen LogP contribution in [-0.2, 0) is 30.4 Å². The Kier molecular flexibility index (Phi) is 10.2. The minimum Gasteiger partial charge on any atom is -0.481 e. The smallest absolute Gasteiger partial charge is 0.326 e. The molecule has 11 heteroatoms. The summed E-state index contributed by atoms with van der Waals surface area (Å²) in [6.45, 7) is 3.99. The number of nitrogens with two attached hydrogens (primary N) is 1. The molecule has 35 heavy (non-hydrogen) atoms. The molecular weight excluding hydrogens is 456 g/mol. The summed E-state index contributed by atoms with van der Waals surface area (Å²) in [5, 5.41) is 23.1. The molecule has 0 spiro atoms. The molecule has 1 fully saturated rings. The molecule has 5 unspecified atom stereocenters. The fourth-order valence-electron chi connectivity index (χ4n) is 3.98. The van der Waals surface area contributed by atoms with Crippen LogP contribution >= 0.6 is 0 Å². The van der Waals surface area contributed by atoms with Gasteiger partial charge in [-0.2, -0.15) is 0 Å². The molecule has 0 aromatic heterocycles. The Morgan fingerprint density at radius 1 is 1.09 bits per heavy atom. The maximum absolute atomic E-state index is 13.5. The zero-order valence-electron chi connectivity index (χ0n) is 20.0. The van der Waals surface area contributed by atoms with Crippen LogP contribution in [-0.4, -0.2) is 75.5 Å². The molecule has 11 nitrogen and oxygen atoms in total. The number of carboxylic acids is 2. The van der Waals surface area contributed by atoms with Crippen LogP contribution in [0.25, 0.3) is 0 Å². The van der Waals surface area contributed by atoms with E-state index >= 15 is 0 Å². The van der Waals surface area contributed by atoms with Gasteiger partial charge < -0.3 is 31.5 Å². The van der Waals surface area contributed by atoms with Crippen LogP contribution in [0.15, 0.2) is 30.3 Å². The van der Waals surface area contributed by atoms with Gasteiger partial charge in [-0.15, -0.1) is 0 Å². The summed E-state index contributed by atoms with van der Waals surface area (Å²) in [5.74, 6) is -4.66. The van der Waals surface area contributed by atoms with E-state index in [2.05, 4.69) is 10.6 Å². The third-order valence-corrected chi connectivity index (χ3v) is 6.29. The molecule has 1 aliphatic heterocycles. The van der Waals surface area contributed by atoms with Crippen molar-refractivity contribution >= 4 is 29.7 Å². The molecule has 1 aromatic carbocycles. The van der Waals surface area contributed by atoms with Crippen molar-refractivity contribution in [3.8, 4) is 0 Å². The Morgan fingerprint density at radius 3 is 2.31 bits per heavy atom. The van der Waals surface area contributed by atoms with Gasteiger partial charge in [0.15, 0.2) is 0 Å². The average molecular weight is 491 g/mol. The van der Waals surface area contributed by atoms with Crippen LogP contribution in [0.3, 0.4) is 0 Å². The largest absolute Gasteiger partial charge is 0.481 e. The summed E-state index contributed by atoms with van der Waals surface area (Å²) >= 11 is 0. The van der Waals surface area contributed by atoms with Crippen molar-refractivity contribution < 1.29 is 34.2 Å². The highest BCUT2D eigenvalue weighted by Gasteiger charge is 2.39. The van der Waals surface area contributed by atoms with E-state index in [0.29, 0.717) is 12.8 Å². The predicted octanol–water partition coefficient (Wildman–Crippen LogP) is 0.122. The lowest BCUT2D eigenvalue weighted by Crippen LogP contribution is -2.58. The molecule has 0 aliphatic carbocycles. The van der Waals surface area contributed by atoms with E-state index < -0.39 is 60.2 Å². The first-order valence-corrected chi connectivity index (χ1v) is 11.7. The first-order valence-electron chi connectivity index (χ1n) is 11.7. The minimum atomic E-state index is -1.62. The summed E-state index contributed by atoms with van der Waals surface area (Å²) in [7, 11) is 0. The van der Waals surface area contributed by atoms with Gasteiger partial charge in [-0.05, 0) is 24.3 Å². The number of aliphatic carboxylic acids is 2. The number of nitrogens with one attached hydrogen (secondary N) is 2. The van der Waals surface area contributed by atoms with E-state index in [4.69, 9.17) is 10.8 Å². The van der Waals surface area contributed by atoms with Crippen molar-refractivity contribution in [1.82, 2.24) is 15.5 Å². The van der Waals surface area contributed by atoms with Crippen molar-refractivity contribution in [2.75, 3.05) is 6.54 Å². The van der Waals surface area contributed by atoms with Crippen LogP contribution in [0, 0.1) is 5.92 Å². The van der Waals surface area contributed by atoms with E-state index in [-0.39, 0.29) is 25.3 Å². The second-order valence-corrected chi connectivity index (χ2v) is 8.85. The maximum Gasteiger partial charge on any atom is 0.326 e. The Morgan fingerprint density at radius 2 is 1.74 bits per heavy atom. The van der Waals surface area contributed by atoms with Crippen LogP contribution < -0.4 is 16.4 Å². The molecule has 0 bridgehead atoms. The monoisotopic (exact) mass is 490 g/mol. The molecule has 1 saturated heterocycles. The van der Waals surface area contributed by atoms with E-state index in [1.807, 2.05) is 44.2 Å². The minimum absolute atomic E-state index is 0.102. The van der Waals surface area contributed by atoms with Gasteiger partial charge in [-0.3, -0.25) is 19.2 Å². The van der Waals surface area contributed by atoms with Gasteiger partial charge in [0.05, 0.1) is 12.5 Å². The highest BCUT2D eigenvalue weighted by molar-refractivity contribution is 5.95. The predicted molar refractivity (Wildman–Crippen MR) is 126 cm³/mol.